The number of rotatable bonds is 3. The van der Waals surface area contributed by atoms with Crippen LogP contribution in [0.3, 0.4) is 0 Å². The average Bonchev–Trinajstić information content (AvgIpc) is 2.87. The Morgan fingerprint density at radius 3 is 2.95 bits per heavy atom. The molecule has 3 N–H and O–H groups in total. The first-order chi connectivity index (χ1) is 9.24. The van der Waals surface area contributed by atoms with Crippen molar-refractivity contribution >= 4 is 10.9 Å². The van der Waals surface area contributed by atoms with Gasteiger partial charge in [0, 0.05) is 18.2 Å². The molecule has 2 atom stereocenters. The van der Waals surface area contributed by atoms with Crippen molar-refractivity contribution in [3.63, 3.8) is 0 Å². The van der Waals surface area contributed by atoms with Gasteiger partial charge in [-0.05, 0) is 31.4 Å². The third-order valence-corrected chi connectivity index (χ3v) is 4.00. The SMILES string of the molecule is CC1(C(NN)c2cccc3cccnc23)CCCO1. The smallest absolute Gasteiger partial charge is 0.0862 e. The minimum Gasteiger partial charge on any atom is -0.373 e. The number of pyridine rings is 1. The quantitative estimate of drug-likeness (QED) is 0.654. The molecule has 0 aliphatic carbocycles. The second kappa shape index (κ2) is 4.89. The largest absolute Gasteiger partial charge is 0.373 e. The van der Waals surface area contributed by atoms with Crippen molar-refractivity contribution in [2.45, 2.75) is 31.4 Å². The zero-order valence-electron chi connectivity index (χ0n) is 11.1. The molecule has 2 heterocycles. The second-order valence-electron chi connectivity index (χ2n) is 5.29. The molecule has 19 heavy (non-hydrogen) atoms. The summed E-state index contributed by atoms with van der Waals surface area (Å²) in [6.45, 7) is 2.92. The fraction of sp³-hybridized carbons (Fsp3) is 0.400. The maximum Gasteiger partial charge on any atom is 0.0862 e. The average molecular weight is 257 g/mol. The number of aromatic nitrogens is 1. The summed E-state index contributed by atoms with van der Waals surface area (Å²) < 4.78 is 5.93. The van der Waals surface area contributed by atoms with Gasteiger partial charge in [0.2, 0.25) is 0 Å². The molecule has 2 unspecified atom stereocenters. The lowest BCUT2D eigenvalue weighted by Gasteiger charge is -2.33. The van der Waals surface area contributed by atoms with Crippen LogP contribution >= 0.6 is 0 Å². The van der Waals surface area contributed by atoms with Crippen LogP contribution in [0.2, 0.25) is 0 Å². The monoisotopic (exact) mass is 257 g/mol. The highest BCUT2D eigenvalue weighted by Gasteiger charge is 2.39. The van der Waals surface area contributed by atoms with Crippen molar-refractivity contribution < 1.29 is 4.74 Å². The minimum absolute atomic E-state index is 0.0476. The third-order valence-electron chi connectivity index (χ3n) is 4.00. The van der Waals surface area contributed by atoms with Crippen LogP contribution in [-0.4, -0.2) is 17.2 Å². The summed E-state index contributed by atoms with van der Waals surface area (Å²) in [5.41, 5.74) is 4.76. The highest BCUT2D eigenvalue weighted by atomic mass is 16.5. The van der Waals surface area contributed by atoms with E-state index >= 15 is 0 Å². The lowest BCUT2D eigenvalue weighted by molar-refractivity contribution is -0.0122. The third kappa shape index (κ3) is 2.12. The molecule has 3 rings (SSSR count). The Morgan fingerprint density at radius 1 is 1.37 bits per heavy atom. The van der Waals surface area contributed by atoms with Gasteiger partial charge >= 0.3 is 0 Å². The van der Waals surface area contributed by atoms with E-state index in [2.05, 4.69) is 35.5 Å². The van der Waals surface area contributed by atoms with Crippen LogP contribution in [0.1, 0.15) is 31.4 Å². The van der Waals surface area contributed by atoms with E-state index in [9.17, 15) is 0 Å². The van der Waals surface area contributed by atoms with Crippen molar-refractivity contribution in [2.75, 3.05) is 6.61 Å². The van der Waals surface area contributed by atoms with Crippen molar-refractivity contribution in [3.8, 4) is 0 Å². The number of hydrogen-bond donors (Lipinski definition) is 2. The van der Waals surface area contributed by atoms with Gasteiger partial charge in [-0.25, -0.2) is 5.43 Å². The molecular weight excluding hydrogens is 238 g/mol. The van der Waals surface area contributed by atoms with Crippen LogP contribution in [-0.2, 0) is 4.74 Å². The van der Waals surface area contributed by atoms with E-state index < -0.39 is 0 Å². The topological polar surface area (TPSA) is 60.2 Å². The first-order valence-electron chi connectivity index (χ1n) is 6.68. The maximum atomic E-state index is 5.93. The molecule has 0 radical (unpaired) electrons. The molecule has 0 amide bonds. The van der Waals surface area contributed by atoms with Crippen molar-refractivity contribution in [1.82, 2.24) is 10.4 Å². The molecule has 4 nitrogen and oxygen atoms in total. The summed E-state index contributed by atoms with van der Waals surface area (Å²) >= 11 is 0. The minimum atomic E-state index is -0.263. The Kier molecular flexibility index (Phi) is 3.22. The fourth-order valence-corrected chi connectivity index (χ4v) is 2.98. The van der Waals surface area contributed by atoms with Crippen LogP contribution in [0.25, 0.3) is 10.9 Å². The molecular formula is C15H19N3O. The van der Waals surface area contributed by atoms with Crippen LogP contribution < -0.4 is 11.3 Å². The number of nitrogens with zero attached hydrogens (tertiary/aromatic N) is 1. The van der Waals surface area contributed by atoms with Crippen LogP contribution in [0, 0.1) is 0 Å². The number of ether oxygens (including phenoxy) is 1. The molecule has 4 heteroatoms. The van der Waals surface area contributed by atoms with E-state index in [0.717, 1.165) is 35.9 Å². The summed E-state index contributed by atoms with van der Waals surface area (Å²) in [6, 6.07) is 10.2. The highest BCUT2D eigenvalue weighted by molar-refractivity contribution is 5.82. The Balaban J connectivity index is 2.11. The maximum absolute atomic E-state index is 5.93. The molecule has 2 aromatic rings. The number of nitrogens with two attached hydrogens (primary N) is 1. The van der Waals surface area contributed by atoms with Crippen molar-refractivity contribution in [2.24, 2.45) is 5.84 Å². The number of nitrogens with one attached hydrogen (secondary N) is 1. The molecule has 1 saturated heterocycles. The summed E-state index contributed by atoms with van der Waals surface area (Å²) in [5, 5.41) is 1.13. The van der Waals surface area contributed by atoms with Crippen LogP contribution in [0.5, 0.6) is 0 Å². The van der Waals surface area contributed by atoms with E-state index in [1.807, 2.05) is 18.3 Å². The van der Waals surface area contributed by atoms with E-state index in [0.29, 0.717) is 0 Å². The van der Waals surface area contributed by atoms with Gasteiger partial charge in [0.15, 0.2) is 0 Å². The Bertz CT molecular complexity index is 573. The summed E-state index contributed by atoms with van der Waals surface area (Å²) in [5.74, 6) is 5.80. The first-order valence-corrected chi connectivity index (χ1v) is 6.68. The number of hydrogen-bond acceptors (Lipinski definition) is 4. The summed E-state index contributed by atoms with van der Waals surface area (Å²) in [7, 11) is 0. The van der Waals surface area contributed by atoms with E-state index in [1.165, 1.54) is 0 Å². The fourth-order valence-electron chi connectivity index (χ4n) is 2.98. The van der Waals surface area contributed by atoms with Gasteiger partial charge in [-0.3, -0.25) is 10.8 Å². The Labute approximate surface area is 112 Å². The lowest BCUT2D eigenvalue weighted by atomic mass is 9.87. The van der Waals surface area contributed by atoms with Gasteiger partial charge < -0.3 is 4.74 Å². The predicted octanol–water partition coefficient (Wildman–Crippen LogP) is 2.31. The second-order valence-corrected chi connectivity index (χ2v) is 5.29. The number of benzene rings is 1. The Hall–Kier alpha value is -1.49. The van der Waals surface area contributed by atoms with Gasteiger partial charge in [-0.15, -0.1) is 0 Å². The van der Waals surface area contributed by atoms with E-state index in [1.54, 1.807) is 0 Å². The molecule has 1 aliphatic rings. The van der Waals surface area contributed by atoms with Gasteiger partial charge in [0.25, 0.3) is 0 Å². The van der Waals surface area contributed by atoms with Crippen LogP contribution in [0.15, 0.2) is 36.5 Å². The van der Waals surface area contributed by atoms with Gasteiger partial charge in [-0.2, -0.15) is 0 Å². The molecule has 0 spiro atoms. The predicted molar refractivity (Wildman–Crippen MR) is 75.4 cm³/mol. The van der Waals surface area contributed by atoms with E-state index in [4.69, 9.17) is 10.6 Å². The zero-order valence-corrected chi connectivity index (χ0v) is 11.1. The van der Waals surface area contributed by atoms with Crippen molar-refractivity contribution in [3.05, 3.63) is 42.1 Å². The first kappa shape index (κ1) is 12.5. The molecule has 0 saturated carbocycles. The molecule has 1 aromatic carbocycles. The summed E-state index contributed by atoms with van der Waals surface area (Å²) in [4.78, 5) is 4.50. The summed E-state index contributed by atoms with van der Waals surface area (Å²) in [6.07, 6.45) is 3.90. The van der Waals surface area contributed by atoms with Gasteiger partial charge in [-0.1, -0.05) is 24.3 Å². The number of hydrazine groups is 1. The highest BCUT2D eigenvalue weighted by Crippen LogP contribution is 2.38. The normalized spacial score (nSPS) is 24.7. The van der Waals surface area contributed by atoms with Gasteiger partial charge in [0.05, 0.1) is 17.2 Å². The van der Waals surface area contributed by atoms with Crippen molar-refractivity contribution in [1.29, 1.82) is 0 Å². The van der Waals surface area contributed by atoms with Gasteiger partial charge in [0.1, 0.15) is 0 Å². The zero-order chi connectivity index (χ0) is 13.3. The number of para-hydroxylation sites is 1. The number of fused-ring (bicyclic) bond motifs is 1. The molecule has 1 aromatic heterocycles. The molecule has 1 fully saturated rings. The molecule has 0 bridgehead atoms. The standard InChI is InChI=1S/C15H19N3O/c1-15(8-4-10-19-15)14(18-16)12-7-2-5-11-6-3-9-17-13(11)12/h2-3,5-7,9,14,18H,4,8,10,16H2,1H3. The van der Waals surface area contributed by atoms with Crippen LogP contribution in [0.4, 0.5) is 0 Å². The lowest BCUT2D eigenvalue weighted by Crippen LogP contribution is -2.44. The van der Waals surface area contributed by atoms with E-state index in [-0.39, 0.29) is 11.6 Å². The Morgan fingerprint density at radius 2 is 2.21 bits per heavy atom. The molecule has 1 aliphatic heterocycles. The molecule has 100 valence electrons.